The summed E-state index contributed by atoms with van der Waals surface area (Å²) in [5, 5.41) is 0. The van der Waals surface area contributed by atoms with E-state index in [-0.39, 0.29) is 36.9 Å². The number of hydrogen-bond acceptors (Lipinski definition) is 2. The van der Waals surface area contributed by atoms with Crippen molar-refractivity contribution in [1.82, 2.24) is 0 Å². The molecule has 0 aliphatic heterocycles. The first kappa shape index (κ1) is 9.62. The molecule has 0 aliphatic carbocycles. The predicted molar refractivity (Wildman–Crippen MR) is 3.59 cm³/mol. The van der Waals surface area contributed by atoms with Gasteiger partial charge in [0, 0.05) is 36.9 Å². The summed E-state index contributed by atoms with van der Waals surface area (Å²) in [6, 6.07) is 0. The quantitative estimate of drug-likeness (QED) is 0.630. The zero-order valence-corrected chi connectivity index (χ0v) is 5.02. The number of rotatable bonds is 0. The van der Waals surface area contributed by atoms with Gasteiger partial charge in [0.15, 0.2) is 0 Å². The Kier molecular flexibility index (Phi) is 10.4. The van der Waals surface area contributed by atoms with Crippen LogP contribution in [-0.4, -0.2) is 4.03 Å². The third-order valence-electron chi connectivity index (χ3n) is 0. The van der Waals surface area contributed by atoms with Crippen LogP contribution in [0.1, 0.15) is 0 Å². The van der Waals surface area contributed by atoms with Gasteiger partial charge in [-0.3, -0.25) is 0 Å². The van der Waals surface area contributed by atoms with Crippen molar-refractivity contribution in [1.29, 1.82) is 0 Å². The van der Waals surface area contributed by atoms with Crippen LogP contribution in [-0.2, 0) is 22.7 Å². The zero-order chi connectivity index (χ0) is 3.58. The molecule has 0 atom stereocenters. The minimum atomic E-state index is -3.69. The van der Waals surface area contributed by atoms with Crippen LogP contribution in [0.2, 0.25) is 0 Å². The van der Waals surface area contributed by atoms with E-state index >= 15 is 0 Å². The van der Waals surface area contributed by atoms with E-state index in [0.29, 0.717) is 0 Å². The monoisotopic (exact) mass is 275 g/mol. The fraction of sp³-hybridized carbons (Fsp3) is 0. The molecular formula is HLuO3V. The van der Waals surface area contributed by atoms with Crippen molar-refractivity contribution in [3.05, 3.63) is 0 Å². The Morgan fingerprint density at radius 1 is 1.40 bits per heavy atom. The van der Waals surface area contributed by atoms with Crippen molar-refractivity contribution in [3.63, 3.8) is 0 Å². The first-order valence-electron chi connectivity index (χ1n) is 0.565. The van der Waals surface area contributed by atoms with Gasteiger partial charge in [0.25, 0.3) is 0 Å². The summed E-state index contributed by atoms with van der Waals surface area (Å²) in [6.07, 6.45) is 0. The molecule has 0 amide bonds. The molecule has 0 saturated heterocycles. The Bertz CT molecular complexity index is 55.3. The fourth-order valence-electron chi connectivity index (χ4n) is 0. The summed E-state index contributed by atoms with van der Waals surface area (Å²) in [5.41, 5.74) is 0. The molecule has 0 aromatic heterocycles. The summed E-state index contributed by atoms with van der Waals surface area (Å²) in [7, 11) is 0. The Labute approximate surface area is 62.9 Å². The topological polar surface area (TPSA) is 54.4 Å². The third-order valence-corrected chi connectivity index (χ3v) is 0. The second-order valence-electron chi connectivity index (χ2n) is 0.238. The van der Waals surface area contributed by atoms with E-state index in [1.165, 1.54) is 0 Å². The molecule has 5 heteroatoms. The Hall–Kier alpha value is 1.38. The average Bonchev–Trinajstić information content (AvgIpc) is 0.811. The molecule has 0 fully saturated rings. The van der Waals surface area contributed by atoms with Gasteiger partial charge in [-0.15, -0.1) is 0 Å². The zero-order valence-electron chi connectivity index (χ0n) is 1.97. The Balaban J connectivity index is 0. The summed E-state index contributed by atoms with van der Waals surface area (Å²) in [4.78, 5) is 0. The van der Waals surface area contributed by atoms with E-state index in [9.17, 15) is 0 Å². The van der Waals surface area contributed by atoms with Crippen molar-refractivity contribution >= 4 is 0 Å². The van der Waals surface area contributed by atoms with Crippen LogP contribution in [0, 0.1) is 36.9 Å². The molecule has 3 nitrogen and oxygen atoms in total. The normalized spacial score (nSPS) is 5.00. The Morgan fingerprint density at radius 3 is 1.40 bits per heavy atom. The molecule has 0 heterocycles. The van der Waals surface area contributed by atoms with Gasteiger partial charge in [-0.1, -0.05) is 0 Å². The molecule has 5 heavy (non-hydrogen) atoms. The standard InChI is InChI=1S/Lu.H2O.2O.V/h;1H2;;;/q;;;;+1/p-1. The van der Waals surface area contributed by atoms with Crippen LogP contribution in [0.4, 0.5) is 0 Å². The maximum absolute atomic E-state index is 8.67. The summed E-state index contributed by atoms with van der Waals surface area (Å²) in [6.45, 7) is 0. The maximum atomic E-state index is 8.67. The fourth-order valence-corrected chi connectivity index (χ4v) is 0. The molecular weight excluding hydrogens is 274 g/mol. The second kappa shape index (κ2) is 5.38. The molecule has 0 aromatic rings. The third kappa shape index (κ3) is 32.3. The summed E-state index contributed by atoms with van der Waals surface area (Å²) >= 11 is -3.69. The average molecular weight is 275 g/mol. The van der Waals surface area contributed by atoms with E-state index in [1.807, 2.05) is 0 Å². The first-order valence-corrected chi connectivity index (χ1v) is 2.33. The van der Waals surface area contributed by atoms with Gasteiger partial charge in [0.2, 0.25) is 0 Å². The van der Waals surface area contributed by atoms with Gasteiger partial charge < -0.3 is 0 Å². The van der Waals surface area contributed by atoms with Crippen LogP contribution in [0.25, 0.3) is 0 Å². The minimum absolute atomic E-state index is 0. The molecule has 0 rings (SSSR count). The van der Waals surface area contributed by atoms with Gasteiger partial charge >= 0.3 is 26.8 Å². The second-order valence-corrected chi connectivity index (χ2v) is 0.981. The van der Waals surface area contributed by atoms with Crippen molar-refractivity contribution in [2.24, 2.45) is 0 Å². The molecule has 39 valence electrons. The molecule has 0 bridgehead atoms. The van der Waals surface area contributed by atoms with Gasteiger partial charge in [0.1, 0.15) is 0 Å². The molecule has 0 saturated carbocycles. The van der Waals surface area contributed by atoms with Crippen LogP contribution >= 0.6 is 0 Å². The van der Waals surface area contributed by atoms with E-state index in [1.54, 1.807) is 0 Å². The molecule has 1 N–H and O–H groups in total. The molecule has 0 spiro atoms. The van der Waals surface area contributed by atoms with Gasteiger partial charge in [-0.05, 0) is 0 Å². The van der Waals surface area contributed by atoms with Crippen LogP contribution in [0.5, 0.6) is 0 Å². The summed E-state index contributed by atoms with van der Waals surface area (Å²) < 4.78 is 24.4. The SMILES string of the molecule is [Lu].[O]=[V](=[O])[OH]. The van der Waals surface area contributed by atoms with E-state index < -0.39 is 15.4 Å². The molecule has 0 aliphatic rings. The van der Waals surface area contributed by atoms with E-state index in [0.717, 1.165) is 0 Å². The Morgan fingerprint density at radius 2 is 1.40 bits per heavy atom. The van der Waals surface area contributed by atoms with Crippen molar-refractivity contribution in [3.8, 4) is 0 Å². The van der Waals surface area contributed by atoms with Crippen LogP contribution < -0.4 is 0 Å². The molecule has 1 radical (unpaired) electrons. The van der Waals surface area contributed by atoms with Crippen molar-refractivity contribution in [2.45, 2.75) is 0 Å². The van der Waals surface area contributed by atoms with E-state index in [2.05, 4.69) is 0 Å². The predicted octanol–water partition coefficient (Wildman–Crippen LogP) is -0.797. The molecule has 0 unspecified atom stereocenters. The molecule has 0 aromatic carbocycles. The van der Waals surface area contributed by atoms with E-state index in [4.69, 9.17) is 11.4 Å². The van der Waals surface area contributed by atoms with Crippen LogP contribution in [0.15, 0.2) is 0 Å². The van der Waals surface area contributed by atoms with Crippen molar-refractivity contribution in [2.75, 3.05) is 0 Å². The number of hydrogen-bond donors (Lipinski definition) is 1. The van der Waals surface area contributed by atoms with Gasteiger partial charge in [0.05, 0.1) is 0 Å². The van der Waals surface area contributed by atoms with Crippen molar-refractivity contribution < 1.29 is 63.7 Å². The first-order chi connectivity index (χ1) is 1.73. The van der Waals surface area contributed by atoms with Crippen LogP contribution in [0.3, 0.4) is 0 Å². The van der Waals surface area contributed by atoms with Gasteiger partial charge in [-0.2, -0.15) is 0 Å². The summed E-state index contributed by atoms with van der Waals surface area (Å²) in [5.74, 6) is 0. The van der Waals surface area contributed by atoms with Gasteiger partial charge in [-0.25, -0.2) is 0 Å².